The minimum atomic E-state index is -3.75. The van der Waals surface area contributed by atoms with Gasteiger partial charge in [0.05, 0.1) is 10.6 Å². The highest BCUT2D eigenvalue weighted by atomic mass is 32.2. The van der Waals surface area contributed by atoms with Gasteiger partial charge in [-0.05, 0) is 51.2 Å². The molecule has 0 aliphatic carbocycles. The second kappa shape index (κ2) is 7.59. The molecule has 0 saturated carbocycles. The van der Waals surface area contributed by atoms with Crippen molar-refractivity contribution in [1.29, 1.82) is 0 Å². The molecule has 0 atom stereocenters. The van der Waals surface area contributed by atoms with E-state index in [2.05, 4.69) is 16.6 Å². The lowest BCUT2D eigenvalue weighted by Crippen LogP contribution is -2.37. The van der Waals surface area contributed by atoms with E-state index in [0.717, 1.165) is 42.8 Å². The third-order valence-electron chi connectivity index (χ3n) is 4.90. The van der Waals surface area contributed by atoms with E-state index in [0.29, 0.717) is 22.1 Å². The average molecular weight is 408 g/mol. The number of carbonyl (C=O) groups is 1. The molecule has 27 heavy (non-hydrogen) atoms. The molecule has 1 aromatic carbocycles. The van der Waals surface area contributed by atoms with E-state index in [-0.39, 0.29) is 15.9 Å². The van der Waals surface area contributed by atoms with Crippen LogP contribution < -0.4 is 4.72 Å². The molecule has 8 heteroatoms. The number of amides is 1. The highest BCUT2D eigenvalue weighted by molar-refractivity contribution is 7.93. The largest absolute Gasteiger partial charge is 0.338 e. The third kappa shape index (κ3) is 4.32. The van der Waals surface area contributed by atoms with Crippen molar-refractivity contribution in [2.45, 2.75) is 45.4 Å². The van der Waals surface area contributed by atoms with E-state index >= 15 is 0 Å². The molecule has 0 bridgehead atoms. The Hall–Kier alpha value is -1.93. The van der Waals surface area contributed by atoms with Gasteiger partial charge in [-0.15, -0.1) is 0 Å². The van der Waals surface area contributed by atoms with Gasteiger partial charge in [0, 0.05) is 13.1 Å². The molecule has 1 fully saturated rings. The first-order valence-electron chi connectivity index (χ1n) is 9.04. The van der Waals surface area contributed by atoms with Gasteiger partial charge < -0.3 is 4.90 Å². The van der Waals surface area contributed by atoms with Crippen LogP contribution in [0.15, 0.2) is 23.1 Å². The predicted molar refractivity (Wildman–Crippen MR) is 108 cm³/mol. The molecule has 1 aliphatic heterocycles. The van der Waals surface area contributed by atoms with Crippen molar-refractivity contribution in [2.24, 2.45) is 5.92 Å². The maximum atomic E-state index is 12.8. The topological polar surface area (TPSA) is 79.4 Å². The number of thiazole rings is 1. The number of aryl methyl sites for hydroxylation is 3. The van der Waals surface area contributed by atoms with Crippen LogP contribution >= 0.6 is 11.3 Å². The van der Waals surface area contributed by atoms with Crippen LogP contribution in [-0.4, -0.2) is 37.3 Å². The van der Waals surface area contributed by atoms with Crippen molar-refractivity contribution in [3.05, 3.63) is 39.9 Å². The van der Waals surface area contributed by atoms with Crippen LogP contribution in [0.2, 0.25) is 0 Å². The minimum absolute atomic E-state index is 0.0612. The Bertz CT molecular complexity index is 959. The number of nitrogens with one attached hydrogen (secondary N) is 1. The molecule has 1 aliphatic rings. The molecule has 2 heterocycles. The van der Waals surface area contributed by atoms with E-state index in [1.54, 1.807) is 26.0 Å². The summed E-state index contributed by atoms with van der Waals surface area (Å²) in [5, 5.41) is 0.223. The number of nitrogens with zero attached hydrogens (tertiary/aromatic N) is 2. The van der Waals surface area contributed by atoms with Crippen LogP contribution in [0.5, 0.6) is 0 Å². The Morgan fingerprint density at radius 2 is 1.89 bits per heavy atom. The summed E-state index contributed by atoms with van der Waals surface area (Å²) in [5.74, 6) is 0.575. The summed E-state index contributed by atoms with van der Waals surface area (Å²) in [6.07, 6.45) is 1.99. The van der Waals surface area contributed by atoms with E-state index < -0.39 is 10.0 Å². The van der Waals surface area contributed by atoms with Gasteiger partial charge in [0.2, 0.25) is 0 Å². The molecule has 1 amide bonds. The number of sulfonamides is 1. The van der Waals surface area contributed by atoms with Gasteiger partial charge in [0.15, 0.2) is 5.13 Å². The number of hydrogen-bond donors (Lipinski definition) is 1. The Kier molecular flexibility index (Phi) is 5.58. The first-order valence-corrected chi connectivity index (χ1v) is 11.3. The van der Waals surface area contributed by atoms with Crippen molar-refractivity contribution in [3.63, 3.8) is 0 Å². The normalized spacial score (nSPS) is 15.8. The summed E-state index contributed by atoms with van der Waals surface area (Å²) in [4.78, 5) is 19.6. The summed E-state index contributed by atoms with van der Waals surface area (Å²) >= 11 is 1.10. The number of aromatic nitrogens is 1. The standard InChI is InChI=1S/C19H25N3O3S2/c1-12-7-9-22(10-8-12)18(23)17-15(4)20-19(26-17)21-27(24,25)16-6-5-13(2)11-14(16)3/h5-6,11-12H,7-10H2,1-4H3,(H,20,21). The fourth-order valence-electron chi connectivity index (χ4n) is 3.26. The van der Waals surface area contributed by atoms with E-state index in [9.17, 15) is 13.2 Å². The SMILES string of the molecule is Cc1ccc(S(=O)(=O)Nc2nc(C)c(C(=O)N3CCC(C)CC3)s2)c(C)c1. The smallest absolute Gasteiger partial charge is 0.265 e. The first kappa shape index (κ1) is 19.8. The molecule has 6 nitrogen and oxygen atoms in total. The van der Waals surface area contributed by atoms with Gasteiger partial charge in [-0.3, -0.25) is 9.52 Å². The van der Waals surface area contributed by atoms with E-state index in [4.69, 9.17) is 0 Å². The molecule has 2 aromatic rings. The average Bonchev–Trinajstić information content (AvgIpc) is 2.94. The molecule has 146 valence electrons. The van der Waals surface area contributed by atoms with Crippen LogP contribution in [0.3, 0.4) is 0 Å². The Balaban J connectivity index is 1.81. The summed E-state index contributed by atoms with van der Waals surface area (Å²) < 4.78 is 28.0. The molecular weight excluding hydrogens is 382 g/mol. The van der Waals surface area contributed by atoms with Crippen molar-refractivity contribution < 1.29 is 13.2 Å². The highest BCUT2D eigenvalue weighted by Crippen LogP contribution is 2.28. The molecular formula is C19H25N3O3S2. The predicted octanol–water partition coefficient (Wildman–Crippen LogP) is 3.74. The number of anilines is 1. The minimum Gasteiger partial charge on any atom is -0.338 e. The molecule has 0 radical (unpaired) electrons. The zero-order valence-corrected chi connectivity index (χ0v) is 17.7. The lowest BCUT2D eigenvalue weighted by atomic mass is 9.99. The lowest BCUT2D eigenvalue weighted by Gasteiger charge is -2.29. The second-order valence-electron chi connectivity index (χ2n) is 7.28. The van der Waals surface area contributed by atoms with Crippen molar-refractivity contribution in [3.8, 4) is 0 Å². The quantitative estimate of drug-likeness (QED) is 0.837. The van der Waals surface area contributed by atoms with Gasteiger partial charge >= 0.3 is 0 Å². The van der Waals surface area contributed by atoms with Crippen molar-refractivity contribution >= 4 is 32.4 Å². The maximum Gasteiger partial charge on any atom is 0.265 e. The zero-order chi connectivity index (χ0) is 19.8. The van der Waals surface area contributed by atoms with Gasteiger partial charge in [0.1, 0.15) is 4.88 Å². The van der Waals surface area contributed by atoms with Crippen LogP contribution in [0.4, 0.5) is 5.13 Å². The maximum absolute atomic E-state index is 12.8. The molecule has 3 rings (SSSR count). The van der Waals surface area contributed by atoms with Gasteiger partial charge in [0.25, 0.3) is 15.9 Å². The Morgan fingerprint density at radius 1 is 1.22 bits per heavy atom. The fraction of sp³-hybridized carbons (Fsp3) is 0.474. The summed E-state index contributed by atoms with van der Waals surface area (Å²) in [7, 11) is -3.75. The number of benzene rings is 1. The van der Waals surface area contributed by atoms with Crippen LogP contribution in [0.1, 0.15) is 46.3 Å². The molecule has 0 spiro atoms. The van der Waals surface area contributed by atoms with Crippen LogP contribution in [0, 0.1) is 26.7 Å². The molecule has 1 saturated heterocycles. The molecule has 1 aromatic heterocycles. The van der Waals surface area contributed by atoms with Gasteiger partial charge in [-0.25, -0.2) is 13.4 Å². The summed E-state index contributed by atoms with van der Waals surface area (Å²) in [6.45, 7) is 9.09. The number of carbonyl (C=O) groups excluding carboxylic acids is 1. The monoisotopic (exact) mass is 407 g/mol. The Labute approximate surface area is 164 Å². The van der Waals surface area contributed by atoms with Gasteiger partial charge in [-0.2, -0.15) is 0 Å². The van der Waals surface area contributed by atoms with E-state index in [1.807, 2.05) is 17.9 Å². The first-order chi connectivity index (χ1) is 12.7. The highest BCUT2D eigenvalue weighted by Gasteiger charge is 2.26. The molecule has 1 N–H and O–H groups in total. The van der Waals surface area contributed by atoms with Crippen LogP contribution in [0.25, 0.3) is 0 Å². The number of rotatable bonds is 4. The van der Waals surface area contributed by atoms with Crippen molar-refractivity contribution in [2.75, 3.05) is 17.8 Å². The summed E-state index contributed by atoms with van der Waals surface area (Å²) in [5.41, 5.74) is 2.23. The third-order valence-corrected chi connectivity index (χ3v) is 7.59. The van der Waals surface area contributed by atoms with Crippen molar-refractivity contribution in [1.82, 2.24) is 9.88 Å². The summed E-state index contributed by atoms with van der Waals surface area (Å²) in [6, 6.07) is 5.18. The van der Waals surface area contributed by atoms with E-state index in [1.165, 1.54) is 0 Å². The second-order valence-corrected chi connectivity index (χ2v) is 9.93. The fourth-order valence-corrected chi connectivity index (χ4v) is 5.66. The number of likely N-dealkylation sites (tertiary alicyclic amines) is 1. The zero-order valence-electron chi connectivity index (χ0n) is 16.1. The lowest BCUT2D eigenvalue weighted by molar-refractivity contribution is 0.0701. The number of hydrogen-bond acceptors (Lipinski definition) is 5. The number of piperidine rings is 1. The van der Waals surface area contributed by atoms with Gasteiger partial charge in [-0.1, -0.05) is 36.0 Å². The van der Waals surface area contributed by atoms with Crippen LogP contribution in [-0.2, 0) is 10.0 Å². The Morgan fingerprint density at radius 3 is 2.52 bits per heavy atom. The molecule has 0 unspecified atom stereocenters.